The summed E-state index contributed by atoms with van der Waals surface area (Å²) >= 11 is 0. The third-order valence-corrected chi connectivity index (χ3v) is 0. The molecule has 5 heteroatoms. The van der Waals surface area contributed by atoms with Gasteiger partial charge in [-0.05, 0) is 0 Å². The molecule has 0 unspecified atom stereocenters. The summed E-state index contributed by atoms with van der Waals surface area (Å²) in [4.78, 5) is 0. The molecule has 16 valence electrons. The molecule has 0 nitrogen and oxygen atoms in total. The van der Waals surface area contributed by atoms with Gasteiger partial charge in [-0.2, -0.15) is 0 Å². The van der Waals surface area contributed by atoms with Crippen molar-refractivity contribution in [3.05, 3.63) is 0 Å². The summed E-state index contributed by atoms with van der Waals surface area (Å²) < 4.78 is 0. The number of hydrogen-bond donors (Lipinski definition) is 0. The van der Waals surface area contributed by atoms with E-state index < -0.39 is 0 Å². The quantitative estimate of drug-likeness (QED) is 0.452. The van der Waals surface area contributed by atoms with Crippen LogP contribution in [0.2, 0.25) is 0 Å². The first-order chi connectivity index (χ1) is 0. The molecule has 0 aromatic heterocycles. The summed E-state index contributed by atoms with van der Waals surface area (Å²) in [6.45, 7) is 0. The molecule has 0 heterocycles. The van der Waals surface area contributed by atoms with E-state index in [9.17, 15) is 0 Å². The molecule has 0 fully saturated rings. The van der Waals surface area contributed by atoms with Crippen molar-refractivity contribution in [1.29, 1.82) is 0 Å². The molecule has 0 spiro atoms. The second kappa shape index (κ2) is 22.8. The maximum atomic E-state index is 0. The smallest absolute Gasteiger partial charge is 2.00 e. The van der Waals surface area contributed by atoms with E-state index in [0.29, 0.717) is 0 Å². The standard InChI is InChI=1S/2P.3Sr/q2*-3;3*+2. The monoisotopic (exact) mass is 326 g/mol. The van der Waals surface area contributed by atoms with Gasteiger partial charge in [-0.15, -0.1) is 0 Å². The van der Waals surface area contributed by atoms with Crippen molar-refractivity contribution in [2.24, 2.45) is 0 Å². The Bertz CT molecular complexity index is 4.85. The van der Waals surface area contributed by atoms with Crippen LogP contribution in [0.3, 0.4) is 0 Å². The predicted octanol–water partition coefficient (Wildman–Crippen LogP) is 0.580. The first-order valence-corrected chi connectivity index (χ1v) is 0. The summed E-state index contributed by atoms with van der Waals surface area (Å²) in [5.74, 6) is 0. The maximum Gasteiger partial charge on any atom is 2.00 e. The largest absolute Gasteiger partial charge is 3.00 e. The molecule has 0 saturated carbocycles. The molecule has 0 aliphatic heterocycles. The van der Waals surface area contributed by atoms with E-state index in [-0.39, 0.29) is 156 Å². The average molecular weight is 325 g/mol. The van der Waals surface area contributed by atoms with Gasteiger partial charge in [0.05, 0.1) is 0 Å². The third kappa shape index (κ3) is 17.6. The van der Waals surface area contributed by atoms with Crippen LogP contribution in [0, 0.1) is 0 Å². The third-order valence-electron chi connectivity index (χ3n) is 0. The van der Waals surface area contributed by atoms with Gasteiger partial charge in [0.2, 0.25) is 0 Å². The molecule has 0 amide bonds. The summed E-state index contributed by atoms with van der Waals surface area (Å²) in [5.41, 5.74) is 0. The van der Waals surface area contributed by atoms with Crippen LogP contribution in [0.1, 0.15) is 0 Å². The molecule has 0 N–H and O–H groups in total. The van der Waals surface area contributed by atoms with E-state index in [1.165, 1.54) is 0 Å². The predicted molar refractivity (Wildman–Crippen MR) is 31.1 cm³/mol. The van der Waals surface area contributed by atoms with E-state index >= 15 is 0 Å². The van der Waals surface area contributed by atoms with Crippen LogP contribution in [-0.2, 0) is 0 Å². The average Bonchev–Trinajstić information content (AvgIpc) is 0. The minimum atomic E-state index is 0. The molecule has 0 aromatic rings. The van der Waals surface area contributed by atoms with Gasteiger partial charge in [0.25, 0.3) is 0 Å². The van der Waals surface area contributed by atoms with Gasteiger partial charge in [0.1, 0.15) is 0 Å². The summed E-state index contributed by atoms with van der Waals surface area (Å²) in [7, 11) is 0. The van der Waals surface area contributed by atoms with Crippen molar-refractivity contribution in [3.8, 4) is 0 Å². The van der Waals surface area contributed by atoms with Crippen molar-refractivity contribution in [3.63, 3.8) is 0 Å². The van der Waals surface area contributed by atoms with Gasteiger partial charge in [-0.3, -0.25) is 0 Å². The molecule has 0 atom stereocenters. The molecule has 0 aromatic carbocycles. The van der Waals surface area contributed by atoms with E-state index in [1.807, 2.05) is 0 Å². The van der Waals surface area contributed by atoms with Crippen LogP contribution in [0.25, 0.3) is 0 Å². The van der Waals surface area contributed by atoms with Gasteiger partial charge in [0.15, 0.2) is 0 Å². The Hall–Kier alpha value is 5.30. The van der Waals surface area contributed by atoms with Crippen molar-refractivity contribution < 1.29 is 0 Å². The van der Waals surface area contributed by atoms with E-state index in [0.717, 1.165) is 0 Å². The molecule has 0 bridgehead atoms. The zero-order valence-corrected chi connectivity index (χ0v) is 15.2. The normalized spacial score (nSPS) is 0. The first kappa shape index (κ1) is 31.7. The number of rotatable bonds is 0. The fourth-order valence-electron chi connectivity index (χ4n) is 0. The Morgan fingerprint density at radius 3 is 0.400 bits per heavy atom. The van der Waals surface area contributed by atoms with Crippen LogP contribution >= 0.6 is 19.8 Å². The first-order valence-electron chi connectivity index (χ1n) is 0. The van der Waals surface area contributed by atoms with E-state index in [1.54, 1.807) is 0 Å². The molecular weight excluding hydrogens is 325 g/mol. The SMILES string of the molecule is [P-3].[P-3].[Sr+2].[Sr+2].[Sr+2]. The zero-order chi connectivity index (χ0) is 0. The van der Waals surface area contributed by atoms with Crippen molar-refractivity contribution >= 4 is 156 Å². The van der Waals surface area contributed by atoms with Crippen molar-refractivity contribution in [2.75, 3.05) is 0 Å². The van der Waals surface area contributed by atoms with Crippen LogP contribution in [-0.4, -0.2) is 136 Å². The molecule has 0 aliphatic rings. The second-order valence-corrected chi connectivity index (χ2v) is 0. The molecule has 0 aliphatic carbocycles. The van der Waals surface area contributed by atoms with E-state index in [2.05, 4.69) is 0 Å². The van der Waals surface area contributed by atoms with Crippen LogP contribution < -0.4 is 0 Å². The minimum absolute atomic E-state index is 0. The Kier molecular flexibility index (Phi) is 145. The van der Waals surface area contributed by atoms with Gasteiger partial charge in [0, 0.05) is 0 Å². The molecule has 5 heavy (non-hydrogen) atoms. The molecule has 0 radical (unpaired) electrons. The summed E-state index contributed by atoms with van der Waals surface area (Å²) in [6, 6.07) is 0. The molecule has 0 rings (SSSR count). The topological polar surface area (TPSA) is 0 Å². The van der Waals surface area contributed by atoms with Gasteiger partial charge >= 0.3 is 136 Å². The Morgan fingerprint density at radius 2 is 0.400 bits per heavy atom. The van der Waals surface area contributed by atoms with Gasteiger partial charge in [-0.1, -0.05) is 0 Å². The fraction of sp³-hybridized carbons (Fsp3) is 0. The van der Waals surface area contributed by atoms with Crippen molar-refractivity contribution in [2.45, 2.75) is 0 Å². The van der Waals surface area contributed by atoms with Gasteiger partial charge < -0.3 is 19.8 Å². The molecular formula is P2Sr3. The minimum Gasteiger partial charge on any atom is -3.00 e. The zero-order valence-electron chi connectivity index (χ0n) is 3.02. The summed E-state index contributed by atoms with van der Waals surface area (Å²) in [5, 5.41) is 0. The van der Waals surface area contributed by atoms with Crippen LogP contribution in [0.4, 0.5) is 0 Å². The fourth-order valence-corrected chi connectivity index (χ4v) is 0. The van der Waals surface area contributed by atoms with Crippen molar-refractivity contribution in [1.82, 2.24) is 0 Å². The maximum absolute atomic E-state index is 0. The second-order valence-electron chi connectivity index (χ2n) is 0. The van der Waals surface area contributed by atoms with Gasteiger partial charge in [-0.25, -0.2) is 0 Å². The molecule has 0 saturated heterocycles. The van der Waals surface area contributed by atoms with E-state index in [4.69, 9.17) is 0 Å². The summed E-state index contributed by atoms with van der Waals surface area (Å²) in [6.07, 6.45) is 0. The number of hydrogen-bond acceptors (Lipinski definition) is 0. The van der Waals surface area contributed by atoms with Crippen LogP contribution in [0.15, 0.2) is 0 Å². The van der Waals surface area contributed by atoms with Crippen LogP contribution in [0.5, 0.6) is 0 Å². The Labute approximate surface area is 151 Å². The Morgan fingerprint density at radius 1 is 0.400 bits per heavy atom. The Balaban J connectivity index is 0.